The van der Waals surface area contributed by atoms with E-state index >= 15 is 0 Å². The van der Waals surface area contributed by atoms with Crippen molar-refractivity contribution in [2.75, 3.05) is 18.1 Å². The van der Waals surface area contributed by atoms with Crippen molar-refractivity contribution in [2.45, 2.75) is 24.9 Å². The zero-order valence-corrected chi connectivity index (χ0v) is 17.4. The van der Waals surface area contributed by atoms with E-state index in [1.165, 1.54) is 4.90 Å². The molecule has 2 bridgehead atoms. The highest BCUT2D eigenvalue weighted by Crippen LogP contribution is 2.55. The second-order valence-electron chi connectivity index (χ2n) is 8.44. The van der Waals surface area contributed by atoms with Crippen LogP contribution in [0.2, 0.25) is 0 Å². The highest BCUT2D eigenvalue weighted by Gasteiger charge is 2.71. The van der Waals surface area contributed by atoms with E-state index in [0.717, 1.165) is 11.3 Å². The topological polar surface area (TPSA) is 89.8 Å². The van der Waals surface area contributed by atoms with Crippen molar-refractivity contribution in [3.63, 3.8) is 0 Å². The van der Waals surface area contributed by atoms with E-state index in [9.17, 15) is 9.59 Å². The van der Waals surface area contributed by atoms with E-state index in [2.05, 4.69) is 10.2 Å². The molecule has 0 saturated carbocycles. The fourth-order valence-corrected chi connectivity index (χ4v) is 4.98. The largest absolute Gasteiger partial charge is 0.357 e. The number of amides is 2. The van der Waals surface area contributed by atoms with Crippen molar-refractivity contribution in [3.8, 4) is 0 Å². The summed E-state index contributed by atoms with van der Waals surface area (Å²) >= 11 is 0. The molecule has 8 nitrogen and oxygen atoms in total. The number of hydrogen-bond donors (Lipinski definition) is 0. The summed E-state index contributed by atoms with van der Waals surface area (Å²) in [7, 11) is 0. The summed E-state index contributed by atoms with van der Waals surface area (Å²) in [6.07, 6.45) is 2.55. The lowest BCUT2D eigenvalue weighted by molar-refractivity contribution is -0.180. The van der Waals surface area contributed by atoms with Crippen LogP contribution in [0.1, 0.15) is 5.56 Å². The van der Waals surface area contributed by atoms with E-state index in [1.54, 1.807) is 24.3 Å². The first kappa shape index (κ1) is 19.5. The molecule has 2 aromatic rings. The molecule has 4 atom stereocenters. The fourth-order valence-electron chi connectivity index (χ4n) is 4.98. The molecule has 0 spiro atoms. The van der Waals surface area contributed by atoms with E-state index in [0.29, 0.717) is 24.6 Å². The number of nitrogens with zero attached hydrogens (tertiary/aromatic N) is 3. The first-order chi connectivity index (χ1) is 15.6. The number of benzene rings is 2. The van der Waals surface area contributed by atoms with Gasteiger partial charge in [-0.05, 0) is 49.4 Å². The van der Waals surface area contributed by atoms with Gasteiger partial charge < -0.3 is 14.2 Å². The summed E-state index contributed by atoms with van der Waals surface area (Å²) in [5, 5.41) is 8.47. The zero-order valence-electron chi connectivity index (χ0n) is 17.4. The van der Waals surface area contributed by atoms with Gasteiger partial charge in [-0.25, -0.2) is 4.90 Å². The number of aryl methyl sites for hydroxylation is 1. The number of carbonyl (C=O) groups excluding carboxylic acids is 2. The van der Waals surface area contributed by atoms with Crippen LogP contribution in [0.15, 0.2) is 70.9 Å². The number of fused-ring (bicyclic) bond motifs is 5. The third-order valence-corrected chi connectivity index (χ3v) is 6.49. The molecule has 0 N–H and O–H groups in total. The van der Waals surface area contributed by atoms with Gasteiger partial charge in [0.15, 0.2) is 11.9 Å². The summed E-state index contributed by atoms with van der Waals surface area (Å²) in [6, 6.07) is 14.6. The summed E-state index contributed by atoms with van der Waals surface area (Å²) < 4.78 is 17.4. The van der Waals surface area contributed by atoms with Crippen molar-refractivity contribution in [2.24, 2.45) is 22.1 Å². The average molecular weight is 431 g/mol. The van der Waals surface area contributed by atoms with Crippen LogP contribution in [-0.4, -0.2) is 43.0 Å². The molecule has 3 fully saturated rings. The van der Waals surface area contributed by atoms with Gasteiger partial charge in [0.1, 0.15) is 0 Å². The van der Waals surface area contributed by atoms with Crippen molar-refractivity contribution < 1.29 is 23.8 Å². The highest BCUT2D eigenvalue weighted by molar-refractivity contribution is 6.23. The van der Waals surface area contributed by atoms with Crippen LogP contribution in [0.3, 0.4) is 0 Å². The van der Waals surface area contributed by atoms with E-state index in [4.69, 9.17) is 14.2 Å². The van der Waals surface area contributed by atoms with Crippen molar-refractivity contribution in [1.82, 2.24) is 0 Å². The Labute approximate surface area is 184 Å². The third kappa shape index (κ3) is 2.80. The minimum atomic E-state index is -1.05. The normalized spacial score (nSPS) is 31.4. The van der Waals surface area contributed by atoms with E-state index in [-0.39, 0.29) is 11.8 Å². The first-order valence-electron chi connectivity index (χ1n) is 10.6. The first-order valence-corrected chi connectivity index (χ1v) is 10.6. The quantitative estimate of drug-likeness (QED) is 0.419. The molecule has 162 valence electrons. The van der Waals surface area contributed by atoms with Crippen LogP contribution in [0, 0.1) is 18.8 Å². The number of imide groups is 1. The molecular weight excluding hydrogens is 410 g/mol. The lowest BCUT2D eigenvalue weighted by atomic mass is 9.76. The van der Waals surface area contributed by atoms with Gasteiger partial charge >= 0.3 is 0 Å². The minimum Gasteiger partial charge on any atom is -0.357 e. The molecule has 0 radical (unpaired) electrons. The molecule has 2 amide bonds. The minimum absolute atomic E-state index is 0.261. The summed E-state index contributed by atoms with van der Waals surface area (Å²) in [5.74, 6) is -1.78. The van der Waals surface area contributed by atoms with Gasteiger partial charge in [-0.1, -0.05) is 23.8 Å². The van der Waals surface area contributed by atoms with E-state index < -0.39 is 29.8 Å². The fraction of sp³-hybridized carbons (Fsp3) is 0.333. The van der Waals surface area contributed by atoms with Crippen LogP contribution in [0.25, 0.3) is 0 Å². The number of azo groups is 1. The molecular formula is C24H21N3O5. The Kier molecular flexibility index (Phi) is 4.36. The molecule has 3 saturated heterocycles. The predicted molar refractivity (Wildman–Crippen MR) is 114 cm³/mol. The zero-order chi connectivity index (χ0) is 21.9. The molecule has 0 aliphatic carbocycles. The molecule has 0 aromatic heterocycles. The van der Waals surface area contributed by atoms with Crippen LogP contribution >= 0.6 is 0 Å². The van der Waals surface area contributed by atoms with Gasteiger partial charge in [-0.3, -0.25) is 9.59 Å². The standard InChI is InChI=1S/C24H21N3O5/c1-14-2-4-15(5-3-14)25-26-16-6-8-17(9-7-16)27-21(28)19-18-10-11-24(32-18,20(19)22(27)29)23-30-12-13-31-23/h2-11,18-20,23H,12-13H2,1H3/t18-,19-,20-,24-/m1/s1. The van der Waals surface area contributed by atoms with Gasteiger partial charge in [-0.15, -0.1) is 0 Å². The van der Waals surface area contributed by atoms with Gasteiger partial charge in [-0.2, -0.15) is 10.2 Å². The Morgan fingerprint density at radius 1 is 0.906 bits per heavy atom. The molecule has 6 rings (SSSR count). The molecule has 32 heavy (non-hydrogen) atoms. The second kappa shape index (κ2) is 7.16. The Morgan fingerprint density at radius 3 is 2.19 bits per heavy atom. The Balaban J connectivity index is 1.25. The van der Waals surface area contributed by atoms with Crippen LogP contribution in [0.5, 0.6) is 0 Å². The summed E-state index contributed by atoms with van der Waals surface area (Å²) in [6.45, 7) is 2.89. The molecule has 2 aromatic carbocycles. The lowest BCUT2D eigenvalue weighted by Crippen LogP contribution is -2.49. The smallest absolute Gasteiger partial charge is 0.241 e. The highest BCUT2D eigenvalue weighted by atomic mass is 16.7. The van der Waals surface area contributed by atoms with E-state index in [1.807, 2.05) is 43.3 Å². The Bertz CT molecular complexity index is 1140. The van der Waals surface area contributed by atoms with Crippen LogP contribution in [-0.2, 0) is 23.8 Å². The number of hydrogen-bond acceptors (Lipinski definition) is 7. The molecule has 0 unspecified atom stereocenters. The lowest BCUT2D eigenvalue weighted by Gasteiger charge is -2.32. The van der Waals surface area contributed by atoms with Gasteiger partial charge in [0.05, 0.1) is 48.2 Å². The second-order valence-corrected chi connectivity index (χ2v) is 8.44. The molecule has 4 aliphatic rings. The monoisotopic (exact) mass is 431 g/mol. The molecule has 4 aliphatic heterocycles. The average Bonchev–Trinajstić information content (AvgIpc) is 3.58. The maximum absolute atomic E-state index is 13.4. The van der Waals surface area contributed by atoms with Crippen molar-refractivity contribution in [3.05, 3.63) is 66.2 Å². The summed E-state index contributed by atoms with van der Waals surface area (Å²) in [4.78, 5) is 27.9. The number of carbonyl (C=O) groups is 2. The number of rotatable bonds is 4. The Hall–Kier alpha value is -3.20. The van der Waals surface area contributed by atoms with Crippen LogP contribution in [0.4, 0.5) is 17.1 Å². The number of anilines is 1. The maximum Gasteiger partial charge on any atom is 0.241 e. The van der Waals surface area contributed by atoms with Crippen molar-refractivity contribution in [1.29, 1.82) is 0 Å². The Morgan fingerprint density at radius 2 is 1.53 bits per heavy atom. The summed E-state index contributed by atoms with van der Waals surface area (Å²) in [5.41, 5.74) is 1.99. The van der Waals surface area contributed by atoms with Gasteiger partial charge in [0.2, 0.25) is 11.8 Å². The number of ether oxygens (including phenoxy) is 3. The van der Waals surface area contributed by atoms with Crippen molar-refractivity contribution >= 4 is 28.9 Å². The third-order valence-electron chi connectivity index (χ3n) is 6.49. The maximum atomic E-state index is 13.4. The van der Waals surface area contributed by atoms with Crippen LogP contribution < -0.4 is 4.90 Å². The molecule has 8 heteroatoms. The van der Waals surface area contributed by atoms with Gasteiger partial charge in [0, 0.05) is 0 Å². The molecule has 4 heterocycles. The SMILES string of the molecule is Cc1ccc(N=Nc2ccc(N3C(=O)[C@@H]4[C@H]5C=C[C@@](C6OCCO6)(O5)[C@H]4C3=O)cc2)cc1. The predicted octanol–water partition coefficient (Wildman–Crippen LogP) is 3.60. The van der Waals surface area contributed by atoms with Gasteiger partial charge in [0.25, 0.3) is 0 Å².